The zero-order valence-electron chi connectivity index (χ0n) is 12.8. The number of anilines is 1. The lowest BCUT2D eigenvalue weighted by molar-refractivity contribution is 0.132. The zero-order chi connectivity index (χ0) is 15.2. The van der Waals surface area contributed by atoms with Gasteiger partial charge in [0.2, 0.25) is 0 Å². The van der Waals surface area contributed by atoms with Crippen LogP contribution in [0.3, 0.4) is 0 Å². The second kappa shape index (κ2) is 7.80. The lowest BCUT2D eigenvalue weighted by atomic mass is 10.1. The van der Waals surface area contributed by atoms with E-state index in [1.165, 1.54) is 23.7 Å². The molecule has 0 spiro atoms. The molecule has 0 saturated heterocycles. The predicted octanol–water partition coefficient (Wildman–Crippen LogP) is 2.78. The van der Waals surface area contributed by atoms with Crippen LogP contribution in [0.4, 0.5) is 5.69 Å². The van der Waals surface area contributed by atoms with E-state index in [-0.39, 0.29) is 5.56 Å². The number of hydrogen-bond acceptors (Lipinski definition) is 4. The highest BCUT2D eigenvalue weighted by Crippen LogP contribution is 2.30. The molecule has 1 heterocycles. The molecule has 0 amide bonds. The van der Waals surface area contributed by atoms with Crippen LogP contribution in [0.15, 0.2) is 11.0 Å². The van der Waals surface area contributed by atoms with E-state index in [1.807, 2.05) is 0 Å². The van der Waals surface area contributed by atoms with Crippen LogP contribution >= 0.6 is 11.6 Å². The molecule has 21 heavy (non-hydrogen) atoms. The second-order valence-electron chi connectivity index (χ2n) is 6.02. The van der Waals surface area contributed by atoms with Gasteiger partial charge in [-0.15, -0.1) is 0 Å². The summed E-state index contributed by atoms with van der Waals surface area (Å²) in [7, 11) is 0. The summed E-state index contributed by atoms with van der Waals surface area (Å²) in [5.41, 5.74) is 0.288. The minimum absolute atomic E-state index is 0.142. The van der Waals surface area contributed by atoms with Gasteiger partial charge < -0.3 is 10.1 Å². The van der Waals surface area contributed by atoms with Crippen LogP contribution < -0.4 is 10.9 Å². The van der Waals surface area contributed by atoms with Crippen molar-refractivity contribution in [3.8, 4) is 0 Å². The number of ether oxygens (including phenoxy) is 1. The highest BCUT2D eigenvalue weighted by Gasteiger charge is 2.23. The fourth-order valence-corrected chi connectivity index (χ4v) is 2.16. The number of hydrogen-bond donors (Lipinski definition) is 1. The summed E-state index contributed by atoms with van der Waals surface area (Å²) in [6.45, 7) is 6.90. The average molecular weight is 314 g/mol. The Kier molecular flexibility index (Phi) is 6.06. The number of rotatable bonds is 9. The molecule has 1 aliphatic rings. The summed E-state index contributed by atoms with van der Waals surface area (Å²) in [5, 5.41) is 7.54. The molecule has 118 valence electrons. The molecule has 6 heteroatoms. The molecule has 2 rings (SSSR count). The quantitative estimate of drug-likeness (QED) is 0.712. The summed E-state index contributed by atoms with van der Waals surface area (Å²) < 4.78 is 7.03. The summed E-state index contributed by atoms with van der Waals surface area (Å²) in [6.07, 6.45) is 4.95. The first-order chi connectivity index (χ1) is 10.1. The van der Waals surface area contributed by atoms with Crippen LogP contribution in [0.1, 0.15) is 33.1 Å². The van der Waals surface area contributed by atoms with E-state index in [2.05, 4.69) is 24.3 Å². The topological polar surface area (TPSA) is 56.1 Å². The molecular formula is C15H24ClN3O2. The molecule has 5 nitrogen and oxygen atoms in total. The lowest BCUT2D eigenvalue weighted by Crippen LogP contribution is -2.27. The molecule has 1 N–H and O–H groups in total. The maximum atomic E-state index is 12.3. The first kappa shape index (κ1) is 16.3. The van der Waals surface area contributed by atoms with E-state index in [0.29, 0.717) is 42.2 Å². The van der Waals surface area contributed by atoms with E-state index in [9.17, 15) is 4.79 Å². The van der Waals surface area contributed by atoms with Gasteiger partial charge in [0.05, 0.1) is 17.8 Å². The smallest absolute Gasteiger partial charge is 0.291 e. The van der Waals surface area contributed by atoms with Crippen molar-refractivity contribution >= 4 is 17.3 Å². The first-order valence-electron chi connectivity index (χ1n) is 7.65. The Morgan fingerprint density at radius 3 is 2.90 bits per heavy atom. The van der Waals surface area contributed by atoms with Gasteiger partial charge in [0.25, 0.3) is 5.56 Å². The van der Waals surface area contributed by atoms with Gasteiger partial charge in [-0.1, -0.05) is 25.4 Å². The van der Waals surface area contributed by atoms with Crippen LogP contribution in [0.2, 0.25) is 5.02 Å². The third-order valence-electron chi connectivity index (χ3n) is 3.51. The third kappa shape index (κ3) is 5.32. The molecule has 1 fully saturated rings. The van der Waals surface area contributed by atoms with Crippen LogP contribution in [0.5, 0.6) is 0 Å². The fourth-order valence-electron chi connectivity index (χ4n) is 1.97. The van der Waals surface area contributed by atoms with Crippen LogP contribution in [-0.2, 0) is 11.3 Å². The van der Waals surface area contributed by atoms with Crippen LogP contribution in [-0.4, -0.2) is 29.5 Å². The van der Waals surface area contributed by atoms with Gasteiger partial charge in [0, 0.05) is 19.7 Å². The van der Waals surface area contributed by atoms with Crippen molar-refractivity contribution in [2.75, 3.05) is 25.1 Å². The predicted molar refractivity (Wildman–Crippen MR) is 85.0 cm³/mol. The van der Waals surface area contributed by atoms with Gasteiger partial charge in [0.15, 0.2) is 0 Å². The van der Waals surface area contributed by atoms with Gasteiger partial charge in [-0.25, -0.2) is 4.68 Å². The molecule has 0 aliphatic heterocycles. The van der Waals surface area contributed by atoms with Gasteiger partial charge in [-0.2, -0.15) is 5.10 Å². The number of nitrogens with one attached hydrogen (secondary N) is 1. The van der Waals surface area contributed by atoms with E-state index >= 15 is 0 Å². The van der Waals surface area contributed by atoms with Crippen molar-refractivity contribution in [2.24, 2.45) is 11.8 Å². The van der Waals surface area contributed by atoms with E-state index in [4.69, 9.17) is 16.3 Å². The zero-order valence-corrected chi connectivity index (χ0v) is 13.5. The van der Waals surface area contributed by atoms with E-state index in [0.717, 1.165) is 13.0 Å². The van der Waals surface area contributed by atoms with E-state index in [1.54, 1.807) is 0 Å². The number of aromatic nitrogens is 2. The van der Waals surface area contributed by atoms with Gasteiger partial charge in [-0.3, -0.25) is 4.79 Å². The number of halogens is 1. The highest BCUT2D eigenvalue weighted by atomic mass is 35.5. The second-order valence-corrected chi connectivity index (χ2v) is 6.43. The first-order valence-corrected chi connectivity index (χ1v) is 8.03. The van der Waals surface area contributed by atoms with Crippen molar-refractivity contribution in [3.05, 3.63) is 21.6 Å². The Morgan fingerprint density at radius 2 is 2.24 bits per heavy atom. The molecule has 0 bridgehead atoms. The van der Waals surface area contributed by atoms with Crippen molar-refractivity contribution in [2.45, 2.75) is 39.7 Å². The standard InChI is InChI=1S/C15H24ClN3O2/c1-11(2)5-7-21-8-6-17-14-13(16)9-18-19(15(14)20)10-12-3-4-12/h9,11-12,17H,3-8,10H2,1-2H3. The number of nitrogens with zero attached hydrogens (tertiary/aromatic N) is 2. The summed E-state index contributed by atoms with van der Waals surface area (Å²) in [5.74, 6) is 1.24. The largest absolute Gasteiger partial charge is 0.380 e. The van der Waals surface area contributed by atoms with Crippen molar-refractivity contribution in [1.29, 1.82) is 0 Å². The van der Waals surface area contributed by atoms with Crippen molar-refractivity contribution < 1.29 is 4.74 Å². The van der Waals surface area contributed by atoms with E-state index < -0.39 is 0 Å². The Morgan fingerprint density at radius 1 is 1.48 bits per heavy atom. The minimum atomic E-state index is -0.142. The van der Waals surface area contributed by atoms with Crippen LogP contribution in [0.25, 0.3) is 0 Å². The van der Waals surface area contributed by atoms with Crippen molar-refractivity contribution in [3.63, 3.8) is 0 Å². The van der Waals surface area contributed by atoms with Gasteiger partial charge in [-0.05, 0) is 31.1 Å². The molecule has 0 atom stereocenters. The SMILES string of the molecule is CC(C)CCOCCNc1c(Cl)cnn(CC2CC2)c1=O. The maximum absolute atomic E-state index is 12.3. The Labute approximate surface area is 130 Å². The molecule has 1 aliphatic carbocycles. The molecule has 0 unspecified atom stereocenters. The minimum Gasteiger partial charge on any atom is -0.380 e. The average Bonchev–Trinajstić information content (AvgIpc) is 3.24. The highest BCUT2D eigenvalue weighted by molar-refractivity contribution is 6.32. The molecular weight excluding hydrogens is 290 g/mol. The Hall–Kier alpha value is -1.07. The van der Waals surface area contributed by atoms with Crippen LogP contribution in [0, 0.1) is 11.8 Å². The molecule has 0 aromatic carbocycles. The lowest BCUT2D eigenvalue weighted by Gasteiger charge is -2.11. The maximum Gasteiger partial charge on any atom is 0.291 e. The third-order valence-corrected chi connectivity index (χ3v) is 3.80. The molecule has 1 aromatic heterocycles. The summed E-state index contributed by atoms with van der Waals surface area (Å²) in [6, 6.07) is 0. The van der Waals surface area contributed by atoms with Crippen molar-refractivity contribution in [1.82, 2.24) is 9.78 Å². The Balaban J connectivity index is 1.82. The molecule has 1 aromatic rings. The monoisotopic (exact) mass is 313 g/mol. The summed E-state index contributed by atoms with van der Waals surface area (Å²) >= 11 is 6.06. The normalized spacial score (nSPS) is 14.7. The molecule has 1 saturated carbocycles. The van der Waals surface area contributed by atoms with Gasteiger partial charge >= 0.3 is 0 Å². The summed E-state index contributed by atoms with van der Waals surface area (Å²) in [4.78, 5) is 12.3. The Bertz CT molecular complexity index is 512. The van der Waals surface area contributed by atoms with Gasteiger partial charge in [0.1, 0.15) is 5.69 Å². The molecule has 0 radical (unpaired) electrons. The fraction of sp³-hybridized carbons (Fsp3) is 0.733.